The van der Waals surface area contributed by atoms with E-state index in [1.165, 1.54) is 6.42 Å². The molecule has 0 saturated carbocycles. The SMILES string of the molecule is C[C@@H]1COCCN1c1cc(N2CC3CCC(C2)O3)nc2c(-c3ccn(C4CCCCO4)n3)cnn12. The molecule has 10 heteroatoms. The van der Waals surface area contributed by atoms with Gasteiger partial charge in [0.1, 0.15) is 17.9 Å². The van der Waals surface area contributed by atoms with Crippen LogP contribution in [0.2, 0.25) is 0 Å². The molecule has 4 fully saturated rings. The third-order valence-electron chi connectivity index (χ3n) is 7.80. The maximum atomic E-state index is 6.10. The molecule has 3 aromatic rings. The second kappa shape index (κ2) is 8.76. The summed E-state index contributed by atoms with van der Waals surface area (Å²) in [6, 6.07) is 4.51. The summed E-state index contributed by atoms with van der Waals surface area (Å²) >= 11 is 0. The minimum Gasteiger partial charge on any atom is -0.377 e. The van der Waals surface area contributed by atoms with E-state index in [-0.39, 0.29) is 12.3 Å². The first kappa shape index (κ1) is 21.6. The summed E-state index contributed by atoms with van der Waals surface area (Å²) in [4.78, 5) is 9.95. The summed E-state index contributed by atoms with van der Waals surface area (Å²) in [5.74, 6) is 2.05. The van der Waals surface area contributed by atoms with Gasteiger partial charge in [0.05, 0.1) is 48.9 Å². The van der Waals surface area contributed by atoms with Gasteiger partial charge in [-0.2, -0.15) is 14.7 Å². The molecular weight excluding hydrogens is 446 g/mol. The van der Waals surface area contributed by atoms with Crippen molar-refractivity contribution in [1.29, 1.82) is 0 Å². The van der Waals surface area contributed by atoms with Crippen molar-refractivity contribution in [2.45, 2.75) is 63.5 Å². The van der Waals surface area contributed by atoms with Crippen LogP contribution in [0, 0.1) is 0 Å². The van der Waals surface area contributed by atoms with Gasteiger partial charge in [0.2, 0.25) is 0 Å². The lowest BCUT2D eigenvalue weighted by atomic mass is 10.2. The van der Waals surface area contributed by atoms with E-state index in [0.29, 0.717) is 25.4 Å². The molecule has 0 aromatic carbocycles. The third-order valence-corrected chi connectivity index (χ3v) is 7.80. The maximum absolute atomic E-state index is 6.10. The Balaban J connectivity index is 1.31. The van der Waals surface area contributed by atoms with Crippen LogP contribution in [-0.2, 0) is 14.2 Å². The van der Waals surface area contributed by atoms with Gasteiger partial charge in [0.25, 0.3) is 0 Å². The second-order valence-electron chi connectivity index (χ2n) is 10.2. The van der Waals surface area contributed by atoms with Crippen molar-refractivity contribution in [3.63, 3.8) is 0 Å². The molecule has 2 bridgehead atoms. The molecule has 0 aliphatic carbocycles. The van der Waals surface area contributed by atoms with Crippen molar-refractivity contribution in [2.75, 3.05) is 49.3 Å². The van der Waals surface area contributed by atoms with E-state index in [4.69, 9.17) is 29.4 Å². The van der Waals surface area contributed by atoms with Crippen molar-refractivity contribution in [2.24, 2.45) is 0 Å². The van der Waals surface area contributed by atoms with Crippen LogP contribution in [0.1, 0.15) is 45.3 Å². The third kappa shape index (κ3) is 3.88. The molecule has 3 aromatic heterocycles. The fraction of sp³-hybridized carbons (Fsp3) is 0.640. The Labute approximate surface area is 204 Å². The van der Waals surface area contributed by atoms with Gasteiger partial charge < -0.3 is 24.0 Å². The summed E-state index contributed by atoms with van der Waals surface area (Å²) in [6.07, 6.45) is 10.1. The number of ether oxygens (including phenoxy) is 3. The molecule has 10 nitrogen and oxygen atoms in total. The Morgan fingerprint density at radius 2 is 1.94 bits per heavy atom. The van der Waals surface area contributed by atoms with Crippen LogP contribution in [0.25, 0.3) is 16.9 Å². The minimum atomic E-state index is 0.0106. The van der Waals surface area contributed by atoms with E-state index in [1.807, 2.05) is 21.6 Å². The van der Waals surface area contributed by atoms with Gasteiger partial charge in [0.15, 0.2) is 5.65 Å². The van der Waals surface area contributed by atoms with Gasteiger partial charge in [-0.25, -0.2) is 9.67 Å². The Hall–Kier alpha value is -2.69. The van der Waals surface area contributed by atoms with Gasteiger partial charge in [-0.05, 0) is 45.1 Å². The monoisotopic (exact) mass is 479 g/mol. The first-order valence-electron chi connectivity index (χ1n) is 13.0. The maximum Gasteiger partial charge on any atom is 0.169 e. The topological polar surface area (TPSA) is 82.2 Å². The van der Waals surface area contributed by atoms with E-state index in [1.54, 1.807) is 0 Å². The smallest absolute Gasteiger partial charge is 0.169 e. The first-order chi connectivity index (χ1) is 17.2. The number of hydrogen-bond acceptors (Lipinski definition) is 8. The molecular formula is C25H33N7O3. The molecule has 4 aliphatic rings. The summed E-state index contributed by atoms with van der Waals surface area (Å²) in [5.41, 5.74) is 2.66. The molecule has 3 unspecified atom stereocenters. The molecule has 4 atom stereocenters. The van der Waals surface area contributed by atoms with E-state index >= 15 is 0 Å². The predicted molar refractivity (Wildman–Crippen MR) is 131 cm³/mol. The van der Waals surface area contributed by atoms with Crippen molar-refractivity contribution in [3.8, 4) is 11.3 Å². The lowest BCUT2D eigenvalue weighted by molar-refractivity contribution is -0.0393. The van der Waals surface area contributed by atoms with Gasteiger partial charge in [-0.1, -0.05) is 0 Å². The molecule has 186 valence electrons. The van der Waals surface area contributed by atoms with Gasteiger partial charge >= 0.3 is 0 Å². The molecule has 0 spiro atoms. The minimum absolute atomic E-state index is 0.0106. The molecule has 4 aliphatic heterocycles. The molecule has 0 amide bonds. The van der Waals surface area contributed by atoms with Crippen LogP contribution in [0.5, 0.6) is 0 Å². The highest BCUT2D eigenvalue weighted by Gasteiger charge is 2.35. The van der Waals surface area contributed by atoms with Crippen LogP contribution in [0.3, 0.4) is 0 Å². The van der Waals surface area contributed by atoms with Crippen LogP contribution in [0.15, 0.2) is 24.5 Å². The zero-order valence-electron chi connectivity index (χ0n) is 20.3. The van der Waals surface area contributed by atoms with Crippen LogP contribution >= 0.6 is 0 Å². The largest absolute Gasteiger partial charge is 0.377 e. The number of aromatic nitrogens is 5. The zero-order chi connectivity index (χ0) is 23.4. The Kier molecular flexibility index (Phi) is 5.40. The van der Waals surface area contributed by atoms with E-state index in [9.17, 15) is 0 Å². The zero-order valence-corrected chi connectivity index (χ0v) is 20.3. The van der Waals surface area contributed by atoms with Crippen molar-refractivity contribution < 1.29 is 14.2 Å². The first-order valence-corrected chi connectivity index (χ1v) is 13.0. The van der Waals surface area contributed by atoms with E-state index < -0.39 is 0 Å². The fourth-order valence-corrected chi connectivity index (χ4v) is 5.93. The van der Waals surface area contributed by atoms with Gasteiger partial charge in [-0.3, -0.25) is 0 Å². The highest BCUT2D eigenvalue weighted by molar-refractivity contribution is 5.77. The van der Waals surface area contributed by atoms with E-state index in [2.05, 4.69) is 28.9 Å². The summed E-state index contributed by atoms with van der Waals surface area (Å²) in [6.45, 7) is 7.02. The fourth-order valence-electron chi connectivity index (χ4n) is 5.93. The lowest BCUT2D eigenvalue weighted by Crippen LogP contribution is -2.45. The number of anilines is 2. The number of morpholine rings is 2. The van der Waals surface area contributed by atoms with Crippen molar-refractivity contribution >= 4 is 17.3 Å². The molecule has 7 rings (SSSR count). The van der Waals surface area contributed by atoms with Crippen LogP contribution < -0.4 is 9.80 Å². The Morgan fingerprint density at radius 1 is 1.06 bits per heavy atom. The molecule has 7 heterocycles. The number of rotatable bonds is 4. The van der Waals surface area contributed by atoms with E-state index in [0.717, 1.165) is 80.5 Å². The normalized spacial score (nSPS) is 29.3. The van der Waals surface area contributed by atoms with Crippen molar-refractivity contribution in [1.82, 2.24) is 24.4 Å². The van der Waals surface area contributed by atoms with Gasteiger partial charge in [-0.15, -0.1) is 0 Å². The number of hydrogen-bond donors (Lipinski definition) is 0. The molecule has 0 radical (unpaired) electrons. The lowest BCUT2D eigenvalue weighted by Gasteiger charge is -2.37. The number of nitrogens with zero attached hydrogens (tertiary/aromatic N) is 7. The molecule has 0 N–H and O–H groups in total. The molecule has 35 heavy (non-hydrogen) atoms. The van der Waals surface area contributed by atoms with Crippen LogP contribution in [-0.4, -0.2) is 82.1 Å². The summed E-state index contributed by atoms with van der Waals surface area (Å²) < 4.78 is 21.7. The van der Waals surface area contributed by atoms with Gasteiger partial charge in [0, 0.05) is 38.5 Å². The number of fused-ring (bicyclic) bond motifs is 3. The average molecular weight is 480 g/mol. The highest BCUT2D eigenvalue weighted by Crippen LogP contribution is 2.34. The Bertz CT molecular complexity index is 1190. The van der Waals surface area contributed by atoms with Crippen molar-refractivity contribution in [3.05, 3.63) is 24.5 Å². The average Bonchev–Trinajstić information content (AvgIpc) is 3.62. The predicted octanol–water partition coefficient (Wildman–Crippen LogP) is 2.88. The summed E-state index contributed by atoms with van der Waals surface area (Å²) in [5, 5.41) is 9.69. The standard InChI is InChI=1S/C25H33N7O3/c1-17-16-33-11-9-30(17)23-12-22(29-14-18-5-6-19(15-29)35-18)27-25-20(13-26-32(23)25)21-7-8-31(28-21)24-4-2-3-10-34-24/h7-8,12-13,17-19,24H,2-6,9-11,14-16H2,1H3/t17-,18?,19?,24?/m1/s1. The van der Waals surface area contributed by atoms with Crippen LogP contribution in [0.4, 0.5) is 11.6 Å². The Morgan fingerprint density at radius 3 is 2.74 bits per heavy atom. The second-order valence-corrected chi connectivity index (χ2v) is 10.2. The quantitative estimate of drug-likeness (QED) is 0.565. The molecule has 4 saturated heterocycles. The summed E-state index contributed by atoms with van der Waals surface area (Å²) in [7, 11) is 0. The highest BCUT2D eigenvalue weighted by atomic mass is 16.5.